The SMILES string of the molecule is CS(=O)(=O)NC1CCCC1CNC(=O)c1ccc(CN)cc1. The van der Waals surface area contributed by atoms with Crippen LogP contribution >= 0.6 is 0 Å². The molecule has 2 atom stereocenters. The van der Waals surface area contributed by atoms with E-state index in [1.807, 2.05) is 12.1 Å². The zero-order valence-corrected chi connectivity index (χ0v) is 13.5. The van der Waals surface area contributed by atoms with Crippen molar-refractivity contribution in [2.45, 2.75) is 31.8 Å². The lowest BCUT2D eigenvalue weighted by molar-refractivity contribution is 0.0946. The number of hydrogen-bond donors (Lipinski definition) is 3. The van der Waals surface area contributed by atoms with Gasteiger partial charge < -0.3 is 11.1 Å². The fraction of sp³-hybridized carbons (Fsp3) is 0.533. The molecule has 1 saturated carbocycles. The topological polar surface area (TPSA) is 101 Å². The van der Waals surface area contributed by atoms with Crippen molar-refractivity contribution in [3.63, 3.8) is 0 Å². The highest BCUT2D eigenvalue weighted by atomic mass is 32.2. The normalized spacial score (nSPS) is 21.7. The van der Waals surface area contributed by atoms with Crippen molar-refractivity contribution in [3.05, 3.63) is 35.4 Å². The van der Waals surface area contributed by atoms with Gasteiger partial charge in [0, 0.05) is 24.7 Å². The quantitative estimate of drug-likeness (QED) is 0.712. The number of benzene rings is 1. The van der Waals surface area contributed by atoms with E-state index in [2.05, 4.69) is 10.0 Å². The number of nitrogens with two attached hydrogens (primary N) is 1. The number of amides is 1. The Morgan fingerprint density at radius 2 is 1.95 bits per heavy atom. The minimum absolute atomic E-state index is 0.0880. The molecule has 122 valence electrons. The summed E-state index contributed by atoms with van der Waals surface area (Å²) in [7, 11) is -3.21. The molecule has 0 heterocycles. The van der Waals surface area contributed by atoms with Crippen LogP contribution in [0.25, 0.3) is 0 Å². The lowest BCUT2D eigenvalue weighted by Gasteiger charge is -2.20. The third-order valence-electron chi connectivity index (χ3n) is 4.00. The van der Waals surface area contributed by atoms with Crippen molar-refractivity contribution in [2.24, 2.45) is 11.7 Å². The second-order valence-electron chi connectivity index (χ2n) is 5.80. The van der Waals surface area contributed by atoms with Crippen molar-refractivity contribution in [1.82, 2.24) is 10.0 Å². The van der Waals surface area contributed by atoms with E-state index < -0.39 is 10.0 Å². The van der Waals surface area contributed by atoms with Gasteiger partial charge in [0.25, 0.3) is 5.91 Å². The van der Waals surface area contributed by atoms with E-state index in [4.69, 9.17) is 5.73 Å². The van der Waals surface area contributed by atoms with Gasteiger partial charge in [-0.05, 0) is 36.5 Å². The lowest BCUT2D eigenvalue weighted by atomic mass is 10.0. The molecule has 0 saturated heterocycles. The predicted molar refractivity (Wildman–Crippen MR) is 85.8 cm³/mol. The van der Waals surface area contributed by atoms with Gasteiger partial charge >= 0.3 is 0 Å². The van der Waals surface area contributed by atoms with Gasteiger partial charge in [-0.3, -0.25) is 4.79 Å². The number of rotatable bonds is 6. The van der Waals surface area contributed by atoms with Crippen molar-refractivity contribution in [2.75, 3.05) is 12.8 Å². The van der Waals surface area contributed by atoms with Gasteiger partial charge in [0.2, 0.25) is 10.0 Å². The maximum atomic E-state index is 12.1. The van der Waals surface area contributed by atoms with E-state index >= 15 is 0 Å². The second kappa shape index (κ2) is 7.21. The van der Waals surface area contributed by atoms with E-state index in [-0.39, 0.29) is 17.9 Å². The van der Waals surface area contributed by atoms with Crippen LogP contribution in [0.3, 0.4) is 0 Å². The van der Waals surface area contributed by atoms with Crippen LogP contribution in [0.4, 0.5) is 0 Å². The van der Waals surface area contributed by atoms with E-state index in [1.54, 1.807) is 12.1 Å². The van der Waals surface area contributed by atoms with Gasteiger partial charge in [-0.1, -0.05) is 18.6 Å². The number of carbonyl (C=O) groups excluding carboxylic acids is 1. The lowest BCUT2D eigenvalue weighted by Crippen LogP contribution is -2.41. The first kappa shape index (κ1) is 16.9. The van der Waals surface area contributed by atoms with Crippen LogP contribution in [0, 0.1) is 5.92 Å². The zero-order valence-electron chi connectivity index (χ0n) is 12.7. The van der Waals surface area contributed by atoms with Gasteiger partial charge in [-0.2, -0.15) is 0 Å². The Balaban J connectivity index is 1.89. The molecule has 1 amide bonds. The molecule has 1 aliphatic carbocycles. The zero-order chi connectivity index (χ0) is 16.2. The first-order chi connectivity index (χ1) is 10.4. The summed E-state index contributed by atoms with van der Waals surface area (Å²) >= 11 is 0. The minimum atomic E-state index is -3.21. The molecule has 1 aromatic carbocycles. The summed E-state index contributed by atoms with van der Waals surface area (Å²) in [5.41, 5.74) is 7.09. The monoisotopic (exact) mass is 325 g/mol. The molecule has 22 heavy (non-hydrogen) atoms. The Morgan fingerprint density at radius 3 is 2.55 bits per heavy atom. The molecule has 4 N–H and O–H groups in total. The van der Waals surface area contributed by atoms with Crippen LogP contribution in [0.1, 0.15) is 35.2 Å². The summed E-state index contributed by atoms with van der Waals surface area (Å²) in [4.78, 5) is 12.1. The Labute approximate surface area is 131 Å². The third kappa shape index (κ3) is 4.79. The summed E-state index contributed by atoms with van der Waals surface area (Å²) < 4.78 is 25.3. The van der Waals surface area contributed by atoms with Gasteiger partial charge in [0.05, 0.1) is 6.26 Å². The first-order valence-corrected chi connectivity index (χ1v) is 9.32. The van der Waals surface area contributed by atoms with Gasteiger partial charge in [-0.15, -0.1) is 0 Å². The highest BCUT2D eigenvalue weighted by Crippen LogP contribution is 2.25. The van der Waals surface area contributed by atoms with Crippen LogP contribution in [-0.4, -0.2) is 33.2 Å². The third-order valence-corrected chi connectivity index (χ3v) is 4.73. The fourth-order valence-corrected chi connectivity index (χ4v) is 3.69. The number of sulfonamides is 1. The maximum absolute atomic E-state index is 12.1. The molecular weight excluding hydrogens is 302 g/mol. The van der Waals surface area contributed by atoms with Crippen molar-refractivity contribution < 1.29 is 13.2 Å². The number of nitrogens with one attached hydrogen (secondary N) is 2. The number of hydrogen-bond acceptors (Lipinski definition) is 4. The average Bonchev–Trinajstić information content (AvgIpc) is 2.90. The summed E-state index contributed by atoms with van der Waals surface area (Å²) in [5.74, 6) is -0.00410. The molecule has 1 fully saturated rings. The summed E-state index contributed by atoms with van der Waals surface area (Å²) in [6, 6.07) is 7.07. The Morgan fingerprint density at radius 1 is 1.27 bits per heavy atom. The van der Waals surface area contributed by atoms with E-state index in [0.29, 0.717) is 18.7 Å². The van der Waals surface area contributed by atoms with Crippen molar-refractivity contribution >= 4 is 15.9 Å². The molecular formula is C15H23N3O3S. The Bertz CT molecular complexity index is 613. The summed E-state index contributed by atoms with van der Waals surface area (Å²) in [5, 5.41) is 2.89. The maximum Gasteiger partial charge on any atom is 0.251 e. The highest BCUT2D eigenvalue weighted by molar-refractivity contribution is 7.88. The molecule has 0 aromatic heterocycles. The molecule has 0 spiro atoms. The highest BCUT2D eigenvalue weighted by Gasteiger charge is 2.29. The Kier molecular flexibility index (Phi) is 5.55. The molecule has 2 unspecified atom stereocenters. The predicted octanol–water partition coefficient (Wildman–Crippen LogP) is 0.593. The molecule has 0 bridgehead atoms. The van der Waals surface area contributed by atoms with Crippen LogP contribution in [-0.2, 0) is 16.6 Å². The molecule has 2 rings (SSSR count). The average molecular weight is 325 g/mol. The minimum Gasteiger partial charge on any atom is -0.352 e. The van der Waals surface area contributed by atoms with Crippen LogP contribution in [0.5, 0.6) is 0 Å². The molecule has 1 aliphatic rings. The standard InChI is InChI=1S/C15H23N3O3S/c1-22(20,21)18-14-4-2-3-13(14)10-17-15(19)12-7-5-11(9-16)6-8-12/h5-8,13-14,18H,2-4,9-10,16H2,1H3,(H,17,19). The largest absolute Gasteiger partial charge is 0.352 e. The van der Waals surface area contributed by atoms with Crippen LogP contribution in [0.15, 0.2) is 24.3 Å². The molecule has 7 heteroatoms. The Hall–Kier alpha value is -1.44. The molecule has 0 aliphatic heterocycles. The smallest absolute Gasteiger partial charge is 0.251 e. The summed E-state index contributed by atoms with van der Waals surface area (Å²) in [6.07, 6.45) is 3.87. The molecule has 1 aromatic rings. The van der Waals surface area contributed by atoms with E-state index in [1.165, 1.54) is 6.26 Å². The second-order valence-corrected chi connectivity index (χ2v) is 7.58. The van der Waals surface area contributed by atoms with Crippen molar-refractivity contribution in [3.8, 4) is 0 Å². The van der Waals surface area contributed by atoms with Crippen LogP contribution in [0.2, 0.25) is 0 Å². The van der Waals surface area contributed by atoms with E-state index in [0.717, 1.165) is 24.8 Å². The van der Waals surface area contributed by atoms with E-state index in [9.17, 15) is 13.2 Å². The fourth-order valence-electron chi connectivity index (χ4n) is 2.83. The molecule has 6 nitrogen and oxygen atoms in total. The first-order valence-electron chi connectivity index (χ1n) is 7.43. The van der Waals surface area contributed by atoms with Gasteiger partial charge in [-0.25, -0.2) is 13.1 Å². The number of carbonyl (C=O) groups is 1. The van der Waals surface area contributed by atoms with Gasteiger partial charge in [0.1, 0.15) is 0 Å². The van der Waals surface area contributed by atoms with Crippen LogP contribution < -0.4 is 15.8 Å². The molecule has 0 radical (unpaired) electrons. The van der Waals surface area contributed by atoms with Gasteiger partial charge in [0.15, 0.2) is 0 Å². The van der Waals surface area contributed by atoms with Crippen molar-refractivity contribution in [1.29, 1.82) is 0 Å². The summed E-state index contributed by atoms with van der Waals surface area (Å²) in [6.45, 7) is 0.924.